The first kappa shape index (κ1) is 23.2. The number of nitrogens with zero attached hydrogens (tertiary/aromatic N) is 2. The Hall–Kier alpha value is -2.95. The lowest BCUT2D eigenvalue weighted by Crippen LogP contribution is -2.30. The van der Waals surface area contributed by atoms with Gasteiger partial charge in [0.25, 0.3) is 5.91 Å². The number of ether oxygens (including phenoxy) is 2. The summed E-state index contributed by atoms with van der Waals surface area (Å²) in [6, 6.07) is 12.2. The molecule has 0 saturated carbocycles. The van der Waals surface area contributed by atoms with Crippen LogP contribution in [0.3, 0.4) is 0 Å². The van der Waals surface area contributed by atoms with Crippen LogP contribution in [-0.4, -0.2) is 43.3 Å². The van der Waals surface area contributed by atoms with Crippen molar-refractivity contribution in [1.29, 1.82) is 0 Å². The van der Waals surface area contributed by atoms with Gasteiger partial charge < -0.3 is 14.8 Å². The van der Waals surface area contributed by atoms with Gasteiger partial charge in [0.15, 0.2) is 0 Å². The highest BCUT2D eigenvalue weighted by atomic mass is 32.2. The van der Waals surface area contributed by atoms with Crippen LogP contribution < -0.4 is 14.8 Å². The van der Waals surface area contributed by atoms with Crippen molar-refractivity contribution in [3.63, 3.8) is 0 Å². The summed E-state index contributed by atoms with van der Waals surface area (Å²) in [4.78, 5) is 17.3. The van der Waals surface area contributed by atoms with Crippen LogP contribution in [0.2, 0.25) is 0 Å². The minimum Gasteiger partial charge on any atom is -0.494 e. The fourth-order valence-corrected chi connectivity index (χ4v) is 6.34. The van der Waals surface area contributed by atoms with Crippen molar-refractivity contribution in [1.82, 2.24) is 14.6 Å². The summed E-state index contributed by atoms with van der Waals surface area (Å²) in [5.41, 5.74) is 0.778. The van der Waals surface area contributed by atoms with Crippen LogP contribution in [0.15, 0.2) is 58.9 Å². The highest BCUT2D eigenvalue weighted by molar-refractivity contribution is 7.89. The second-order valence-electron chi connectivity index (χ2n) is 7.42. The topological polar surface area (TPSA) is 97.8 Å². The number of hydrogen-bond acceptors (Lipinski definition) is 7. The molecule has 10 heteroatoms. The average molecular weight is 488 g/mol. The Balaban J connectivity index is 1.40. The van der Waals surface area contributed by atoms with Gasteiger partial charge in [0, 0.05) is 31.9 Å². The number of hydrogen-bond donors (Lipinski definition) is 1. The second kappa shape index (κ2) is 10.3. The van der Waals surface area contributed by atoms with Crippen LogP contribution >= 0.6 is 11.3 Å². The summed E-state index contributed by atoms with van der Waals surface area (Å²) >= 11 is 1.12. The Morgan fingerprint density at radius 1 is 1.12 bits per heavy atom. The molecule has 0 aliphatic carbocycles. The van der Waals surface area contributed by atoms with Crippen LogP contribution in [0.4, 0.5) is 0 Å². The van der Waals surface area contributed by atoms with Crippen molar-refractivity contribution in [2.24, 2.45) is 0 Å². The molecule has 0 atom stereocenters. The second-order valence-corrected chi connectivity index (χ2v) is 10.2. The van der Waals surface area contributed by atoms with Gasteiger partial charge in [0.1, 0.15) is 21.3 Å². The van der Waals surface area contributed by atoms with E-state index in [9.17, 15) is 13.2 Å². The van der Waals surface area contributed by atoms with Crippen LogP contribution in [0.5, 0.6) is 17.4 Å². The van der Waals surface area contributed by atoms with Gasteiger partial charge in [-0.05, 0) is 67.1 Å². The SMILES string of the molecule is CCOc1ccc(Oc2cc(CNC(=O)c3sccc3S(=O)(=O)N3CCCC3)ccn2)cc1. The number of nitrogens with one attached hydrogen (secondary N) is 1. The van der Waals surface area contributed by atoms with Crippen molar-refractivity contribution in [3.8, 4) is 17.4 Å². The van der Waals surface area contributed by atoms with Crippen LogP contribution in [0.1, 0.15) is 35.0 Å². The number of pyridine rings is 1. The molecule has 174 valence electrons. The summed E-state index contributed by atoms with van der Waals surface area (Å²) < 4.78 is 38.4. The van der Waals surface area contributed by atoms with Gasteiger partial charge in [0.2, 0.25) is 15.9 Å². The van der Waals surface area contributed by atoms with E-state index in [-0.39, 0.29) is 16.3 Å². The molecule has 1 aliphatic heterocycles. The zero-order chi connectivity index (χ0) is 23.3. The first-order valence-corrected chi connectivity index (χ1v) is 13.0. The third kappa shape index (κ3) is 5.52. The Kier molecular flexibility index (Phi) is 7.26. The molecule has 3 aromatic rings. The van der Waals surface area contributed by atoms with Crippen LogP contribution in [0, 0.1) is 0 Å². The number of benzene rings is 1. The molecule has 0 unspecified atom stereocenters. The highest BCUT2D eigenvalue weighted by Crippen LogP contribution is 2.28. The normalized spacial score (nSPS) is 14.2. The van der Waals surface area contributed by atoms with E-state index < -0.39 is 15.9 Å². The summed E-state index contributed by atoms with van der Waals surface area (Å²) in [6.45, 7) is 3.71. The number of rotatable bonds is 9. The lowest BCUT2D eigenvalue weighted by atomic mass is 10.2. The first-order valence-electron chi connectivity index (χ1n) is 10.7. The van der Waals surface area contributed by atoms with Crippen molar-refractivity contribution in [2.75, 3.05) is 19.7 Å². The standard InChI is InChI=1S/C23H25N3O5S2/c1-2-30-18-5-7-19(8-6-18)31-21-15-17(9-11-24-21)16-25-23(27)22-20(10-14-32-22)33(28,29)26-12-3-4-13-26/h5-11,14-15H,2-4,12-13,16H2,1H3,(H,25,27). The van der Waals surface area contributed by atoms with E-state index in [1.165, 1.54) is 10.4 Å². The van der Waals surface area contributed by atoms with Gasteiger partial charge >= 0.3 is 0 Å². The maximum Gasteiger partial charge on any atom is 0.263 e. The number of amides is 1. The number of aromatic nitrogens is 1. The van der Waals surface area contributed by atoms with Gasteiger partial charge in [-0.25, -0.2) is 13.4 Å². The van der Waals surface area contributed by atoms with Gasteiger partial charge in [0.05, 0.1) is 6.61 Å². The smallest absolute Gasteiger partial charge is 0.263 e. The first-order chi connectivity index (χ1) is 16.0. The fourth-order valence-electron chi connectivity index (χ4n) is 3.50. The van der Waals surface area contributed by atoms with Crippen LogP contribution in [-0.2, 0) is 16.6 Å². The minimum absolute atomic E-state index is 0.0705. The number of sulfonamides is 1. The molecular weight excluding hydrogens is 462 g/mol. The van der Waals surface area contributed by atoms with Gasteiger partial charge in [-0.1, -0.05) is 0 Å². The molecule has 1 saturated heterocycles. The molecule has 2 aromatic heterocycles. The molecular formula is C23H25N3O5S2. The van der Waals surface area contributed by atoms with Crippen molar-refractivity contribution in [2.45, 2.75) is 31.2 Å². The maximum absolute atomic E-state index is 12.9. The minimum atomic E-state index is -3.66. The Morgan fingerprint density at radius 2 is 1.85 bits per heavy atom. The molecule has 0 spiro atoms. The Bertz CT molecular complexity index is 1200. The monoisotopic (exact) mass is 487 g/mol. The predicted octanol–water partition coefficient (Wildman–Crippen LogP) is 4.05. The molecule has 1 aliphatic rings. The highest BCUT2D eigenvalue weighted by Gasteiger charge is 2.31. The zero-order valence-corrected chi connectivity index (χ0v) is 19.8. The molecule has 33 heavy (non-hydrogen) atoms. The van der Waals surface area contributed by atoms with E-state index in [2.05, 4.69) is 10.3 Å². The number of carbonyl (C=O) groups excluding carboxylic acids is 1. The van der Waals surface area contributed by atoms with Crippen molar-refractivity contribution < 1.29 is 22.7 Å². The maximum atomic E-state index is 12.9. The largest absolute Gasteiger partial charge is 0.494 e. The molecule has 1 amide bonds. The van der Waals surface area contributed by atoms with E-state index in [4.69, 9.17) is 9.47 Å². The number of thiophene rings is 1. The molecule has 4 rings (SSSR count). The van der Waals surface area contributed by atoms with Gasteiger partial charge in [-0.2, -0.15) is 4.31 Å². The van der Waals surface area contributed by atoms with Crippen molar-refractivity contribution in [3.05, 3.63) is 64.5 Å². The molecule has 1 fully saturated rings. The summed E-state index contributed by atoms with van der Waals surface area (Å²) in [5, 5.41) is 4.44. The summed E-state index contributed by atoms with van der Waals surface area (Å²) in [6.07, 6.45) is 3.28. The van der Waals surface area contributed by atoms with E-state index in [0.29, 0.717) is 31.3 Å². The lowest BCUT2D eigenvalue weighted by molar-refractivity contribution is 0.0951. The van der Waals surface area contributed by atoms with Gasteiger partial charge in [-0.15, -0.1) is 11.3 Å². The quantitative estimate of drug-likeness (QED) is 0.489. The Morgan fingerprint density at radius 3 is 2.58 bits per heavy atom. The molecule has 3 heterocycles. The van der Waals surface area contributed by atoms with E-state index in [0.717, 1.165) is 35.5 Å². The molecule has 1 aromatic carbocycles. The molecule has 0 bridgehead atoms. The van der Waals surface area contributed by atoms with Gasteiger partial charge in [-0.3, -0.25) is 4.79 Å². The molecule has 1 N–H and O–H groups in total. The lowest BCUT2D eigenvalue weighted by Gasteiger charge is -2.15. The van der Waals surface area contributed by atoms with E-state index in [1.54, 1.807) is 35.8 Å². The van der Waals surface area contributed by atoms with Crippen molar-refractivity contribution >= 4 is 27.3 Å². The third-order valence-electron chi connectivity index (χ3n) is 5.13. The average Bonchev–Trinajstić information content (AvgIpc) is 3.52. The fraction of sp³-hybridized carbons (Fsp3) is 0.304. The predicted molar refractivity (Wildman–Crippen MR) is 125 cm³/mol. The van der Waals surface area contributed by atoms with E-state index >= 15 is 0 Å². The zero-order valence-electron chi connectivity index (χ0n) is 18.2. The summed E-state index contributed by atoms with van der Waals surface area (Å²) in [7, 11) is -3.66. The molecule has 8 nitrogen and oxygen atoms in total. The molecule has 0 radical (unpaired) electrons. The number of carbonyl (C=O) groups is 1. The van der Waals surface area contributed by atoms with E-state index in [1.807, 2.05) is 19.1 Å². The summed E-state index contributed by atoms with van der Waals surface area (Å²) in [5.74, 6) is 1.34. The third-order valence-corrected chi connectivity index (χ3v) is 8.11. The Labute approximate surface area is 197 Å². The van der Waals surface area contributed by atoms with Crippen LogP contribution in [0.25, 0.3) is 0 Å².